The van der Waals surface area contributed by atoms with Crippen LogP contribution in [0.4, 0.5) is 0 Å². The fourth-order valence-corrected chi connectivity index (χ4v) is 9.29. The lowest BCUT2D eigenvalue weighted by Crippen LogP contribution is -2.57. The van der Waals surface area contributed by atoms with Gasteiger partial charge in [-0.3, -0.25) is 4.79 Å². The van der Waals surface area contributed by atoms with E-state index in [0.717, 1.165) is 25.0 Å². The first-order valence-electron chi connectivity index (χ1n) is 13.5. The van der Waals surface area contributed by atoms with E-state index in [9.17, 15) is 9.90 Å². The van der Waals surface area contributed by atoms with Crippen molar-refractivity contribution in [3.63, 3.8) is 0 Å². The van der Waals surface area contributed by atoms with Gasteiger partial charge in [0, 0.05) is 12.1 Å². The van der Waals surface area contributed by atoms with E-state index in [2.05, 4.69) is 57.9 Å². The zero-order chi connectivity index (χ0) is 24.0. The van der Waals surface area contributed by atoms with E-state index in [1.807, 2.05) is 13.8 Å². The maximum atomic E-state index is 12.6. The summed E-state index contributed by atoms with van der Waals surface area (Å²) in [6.07, 6.45) is 12.7. The van der Waals surface area contributed by atoms with Gasteiger partial charge in [0.05, 0.1) is 11.8 Å². The molecule has 0 saturated heterocycles. The molecule has 0 bridgehead atoms. The number of hydrogen-bond acceptors (Lipinski definition) is 2. The molecule has 2 N–H and O–H groups in total. The molecule has 1 aromatic heterocycles. The van der Waals surface area contributed by atoms with Crippen LogP contribution in [0.2, 0.25) is 0 Å². The summed E-state index contributed by atoms with van der Waals surface area (Å²) in [6.45, 7) is 16.2. The van der Waals surface area contributed by atoms with Crippen molar-refractivity contribution in [1.82, 2.24) is 4.98 Å². The molecule has 3 heteroatoms. The van der Waals surface area contributed by atoms with Crippen LogP contribution in [0, 0.1) is 39.4 Å². The fourth-order valence-electron chi connectivity index (χ4n) is 9.29. The molecule has 3 saturated carbocycles. The van der Waals surface area contributed by atoms with Crippen molar-refractivity contribution in [3.8, 4) is 0 Å². The van der Waals surface area contributed by atoms with E-state index in [0.29, 0.717) is 23.2 Å². The highest BCUT2D eigenvalue weighted by Crippen LogP contribution is 2.74. The number of carbonyl (C=O) groups excluding carboxylic acids is 1. The number of aromatic amines is 1. The number of nitrogens with one attached hydrogen (secondary N) is 1. The minimum absolute atomic E-state index is 0.0145. The van der Waals surface area contributed by atoms with Crippen LogP contribution in [0.5, 0.6) is 0 Å². The second kappa shape index (κ2) is 7.33. The van der Waals surface area contributed by atoms with Gasteiger partial charge in [-0.15, -0.1) is 0 Å². The number of allylic oxidation sites excluding steroid dienone is 2. The summed E-state index contributed by atoms with van der Waals surface area (Å²) in [5, 5.41) is 10.8. The number of aliphatic hydroxyl groups excluding tert-OH is 1. The SMILES string of the molecule is CC(C)C(=O)c1cc([C@@H]2CC[C@]3(C)C4=CCC5C(C)(C)[C@H](O)CC[C@]5(C)C4CC[C@@]23C)c[nH]1. The second-order valence-corrected chi connectivity index (χ2v) is 13.6. The molecule has 4 aliphatic carbocycles. The average molecular weight is 452 g/mol. The van der Waals surface area contributed by atoms with Crippen LogP contribution >= 0.6 is 0 Å². The van der Waals surface area contributed by atoms with Crippen LogP contribution in [0.3, 0.4) is 0 Å². The molecule has 3 fully saturated rings. The third-order valence-corrected chi connectivity index (χ3v) is 11.7. The normalized spacial score (nSPS) is 44.1. The van der Waals surface area contributed by atoms with Crippen molar-refractivity contribution in [2.24, 2.45) is 39.4 Å². The number of hydrogen-bond donors (Lipinski definition) is 2. The molecular weight excluding hydrogens is 406 g/mol. The Bertz CT molecular complexity index is 985. The molecule has 2 unspecified atom stereocenters. The minimum Gasteiger partial charge on any atom is -0.393 e. The lowest BCUT2D eigenvalue weighted by Gasteiger charge is -2.64. The first kappa shape index (κ1) is 23.4. The summed E-state index contributed by atoms with van der Waals surface area (Å²) in [6, 6.07) is 2.16. The van der Waals surface area contributed by atoms with E-state index in [4.69, 9.17) is 0 Å². The Kier molecular flexibility index (Phi) is 5.19. The zero-order valence-electron chi connectivity index (χ0n) is 21.9. The zero-order valence-corrected chi connectivity index (χ0v) is 21.9. The first-order chi connectivity index (χ1) is 15.4. The monoisotopic (exact) mass is 451 g/mol. The van der Waals surface area contributed by atoms with Crippen molar-refractivity contribution in [2.45, 2.75) is 105 Å². The Morgan fingerprint density at radius 2 is 1.73 bits per heavy atom. The molecule has 182 valence electrons. The van der Waals surface area contributed by atoms with E-state index < -0.39 is 0 Å². The number of aliphatic hydroxyl groups is 1. The summed E-state index contributed by atoms with van der Waals surface area (Å²) >= 11 is 0. The van der Waals surface area contributed by atoms with Crippen LogP contribution in [0.25, 0.3) is 0 Å². The molecule has 7 atom stereocenters. The Hall–Kier alpha value is -1.35. The molecule has 1 aromatic rings. The molecule has 1 heterocycles. The van der Waals surface area contributed by atoms with E-state index in [1.54, 1.807) is 5.57 Å². The van der Waals surface area contributed by atoms with Gasteiger partial charge in [0.2, 0.25) is 0 Å². The van der Waals surface area contributed by atoms with Gasteiger partial charge in [0.15, 0.2) is 5.78 Å². The summed E-state index contributed by atoms with van der Waals surface area (Å²) < 4.78 is 0. The predicted octanol–water partition coefficient (Wildman–Crippen LogP) is 7.29. The summed E-state index contributed by atoms with van der Waals surface area (Å²) in [5.41, 5.74) is 4.57. The van der Waals surface area contributed by atoms with Crippen molar-refractivity contribution >= 4 is 5.78 Å². The Morgan fingerprint density at radius 1 is 1.03 bits per heavy atom. The largest absolute Gasteiger partial charge is 0.393 e. The number of fused-ring (bicyclic) bond motifs is 5. The maximum absolute atomic E-state index is 12.6. The predicted molar refractivity (Wildman–Crippen MR) is 134 cm³/mol. The van der Waals surface area contributed by atoms with Crippen LogP contribution in [0.1, 0.15) is 115 Å². The number of H-pyrrole nitrogens is 1. The molecule has 5 rings (SSSR count). The van der Waals surface area contributed by atoms with Crippen molar-refractivity contribution in [3.05, 3.63) is 35.2 Å². The third kappa shape index (κ3) is 3.00. The Balaban J connectivity index is 1.50. The number of ketones is 1. The minimum atomic E-state index is -0.179. The fraction of sp³-hybridized carbons (Fsp3) is 0.767. The van der Waals surface area contributed by atoms with Gasteiger partial charge in [-0.1, -0.05) is 60.1 Å². The Morgan fingerprint density at radius 3 is 2.42 bits per heavy atom. The molecular formula is C30H45NO2. The molecule has 0 aromatic carbocycles. The second-order valence-electron chi connectivity index (χ2n) is 13.6. The van der Waals surface area contributed by atoms with Crippen LogP contribution < -0.4 is 0 Å². The van der Waals surface area contributed by atoms with Gasteiger partial charge in [-0.2, -0.15) is 0 Å². The van der Waals surface area contributed by atoms with E-state index in [1.165, 1.54) is 31.2 Å². The van der Waals surface area contributed by atoms with Gasteiger partial charge >= 0.3 is 0 Å². The molecule has 0 amide bonds. The highest BCUT2D eigenvalue weighted by Gasteiger charge is 2.65. The molecule has 4 aliphatic rings. The van der Waals surface area contributed by atoms with Gasteiger partial charge in [0.25, 0.3) is 0 Å². The molecule has 0 radical (unpaired) electrons. The van der Waals surface area contributed by atoms with Gasteiger partial charge in [-0.25, -0.2) is 0 Å². The Labute approximate surface area is 200 Å². The number of Topliss-reactive ketones (excluding diaryl/α,β-unsaturated/α-hetero) is 1. The highest BCUT2D eigenvalue weighted by molar-refractivity contribution is 5.96. The number of carbonyl (C=O) groups is 1. The average Bonchev–Trinajstić information content (AvgIpc) is 3.33. The van der Waals surface area contributed by atoms with Crippen LogP contribution in [-0.2, 0) is 0 Å². The van der Waals surface area contributed by atoms with Crippen molar-refractivity contribution in [2.75, 3.05) is 0 Å². The molecule has 3 nitrogen and oxygen atoms in total. The summed E-state index contributed by atoms with van der Waals surface area (Å²) in [7, 11) is 0. The van der Waals surface area contributed by atoms with Crippen LogP contribution in [0.15, 0.2) is 23.9 Å². The summed E-state index contributed by atoms with van der Waals surface area (Å²) in [5.74, 6) is 1.94. The highest BCUT2D eigenvalue weighted by atomic mass is 16.3. The molecule has 33 heavy (non-hydrogen) atoms. The lowest BCUT2D eigenvalue weighted by molar-refractivity contribution is -0.129. The lowest BCUT2D eigenvalue weighted by atomic mass is 9.41. The van der Waals surface area contributed by atoms with E-state index in [-0.39, 0.29) is 34.1 Å². The van der Waals surface area contributed by atoms with Crippen molar-refractivity contribution in [1.29, 1.82) is 0 Å². The summed E-state index contributed by atoms with van der Waals surface area (Å²) in [4.78, 5) is 15.9. The smallest absolute Gasteiger partial charge is 0.181 e. The van der Waals surface area contributed by atoms with Crippen LogP contribution in [-0.4, -0.2) is 22.0 Å². The molecule has 0 spiro atoms. The first-order valence-corrected chi connectivity index (χ1v) is 13.5. The number of aromatic nitrogens is 1. The van der Waals surface area contributed by atoms with Gasteiger partial charge in [-0.05, 0) is 96.0 Å². The maximum Gasteiger partial charge on any atom is 0.181 e. The topological polar surface area (TPSA) is 53.1 Å². The molecule has 0 aliphatic heterocycles. The van der Waals surface area contributed by atoms with Gasteiger partial charge < -0.3 is 10.1 Å². The van der Waals surface area contributed by atoms with E-state index >= 15 is 0 Å². The van der Waals surface area contributed by atoms with Crippen molar-refractivity contribution < 1.29 is 9.90 Å². The standard InChI is InChI=1S/C30H45NO2/c1-18(2)26(33)23-16-19(17-31-23)20-10-14-30(7)22-8-9-24-27(3,4)25(32)12-13-28(24,5)21(22)11-15-29(20,30)6/h8,16-18,20-21,24-25,31-32H,9-15H2,1-7H3/t20-,21?,24?,25+,28+,29-,30+/m0/s1. The van der Waals surface area contributed by atoms with Gasteiger partial charge in [0.1, 0.15) is 0 Å². The third-order valence-electron chi connectivity index (χ3n) is 11.7. The quantitative estimate of drug-likeness (QED) is 0.374. The number of rotatable bonds is 3.